The fourth-order valence-corrected chi connectivity index (χ4v) is 1.03. The van der Waals surface area contributed by atoms with Crippen molar-refractivity contribution in [3.8, 4) is 0 Å². The number of rotatable bonds is 5. The zero-order valence-corrected chi connectivity index (χ0v) is 6.66. The number of azide groups is 1. The first-order valence-electron chi connectivity index (χ1n) is 3.77. The van der Waals surface area contributed by atoms with E-state index in [0.29, 0.717) is 13.1 Å². The number of nitrogens with zero attached hydrogens (tertiary/aromatic N) is 3. The molecule has 12 heavy (non-hydrogen) atoms. The van der Waals surface area contributed by atoms with Crippen molar-refractivity contribution in [1.29, 1.82) is 0 Å². The topological polar surface area (TPSA) is 104 Å². The molecule has 0 aromatic carbocycles. The summed E-state index contributed by atoms with van der Waals surface area (Å²) >= 11 is 0. The van der Waals surface area contributed by atoms with Gasteiger partial charge in [0.1, 0.15) is 0 Å². The molecular weight excluding hydrogens is 158 g/mol. The molecule has 0 heterocycles. The molecule has 0 unspecified atom stereocenters. The Balaban J connectivity index is 2.23. The monoisotopic (exact) mass is 169 g/mol. The maximum atomic E-state index is 10.8. The van der Waals surface area contributed by atoms with Gasteiger partial charge in [-0.2, -0.15) is 0 Å². The molecule has 1 aliphatic carbocycles. The number of carbonyl (C=O) groups excluding carboxylic acids is 1. The molecule has 0 radical (unpaired) electrons. The smallest absolute Gasteiger partial charge is 0.237 e. The average Bonchev–Trinajstić information content (AvgIpc) is 2.79. The molecule has 1 fully saturated rings. The van der Waals surface area contributed by atoms with Crippen LogP contribution in [0.2, 0.25) is 0 Å². The summed E-state index contributed by atoms with van der Waals surface area (Å²) in [6.07, 6.45) is 1.58. The van der Waals surface area contributed by atoms with Gasteiger partial charge in [-0.3, -0.25) is 4.79 Å². The van der Waals surface area contributed by atoms with Crippen LogP contribution in [-0.2, 0) is 4.79 Å². The van der Waals surface area contributed by atoms with Crippen LogP contribution in [0.4, 0.5) is 0 Å². The van der Waals surface area contributed by atoms with Gasteiger partial charge in [-0.05, 0) is 18.4 Å². The standard InChI is InChI=1S/C6H11N5O/c7-5(12)6(1-2-6)9-3-4-10-11-8/h9H,1-4H2,(H2,7,12). The van der Waals surface area contributed by atoms with Crippen LogP contribution in [0.1, 0.15) is 12.8 Å². The van der Waals surface area contributed by atoms with Crippen molar-refractivity contribution >= 4 is 5.91 Å². The highest BCUT2D eigenvalue weighted by Crippen LogP contribution is 2.34. The van der Waals surface area contributed by atoms with E-state index in [0.717, 1.165) is 12.8 Å². The Morgan fingerprint density at radius 2 is 2.42 bits per heavy atom. The molecule has 0 aliphatic heterocycles. The van der Waals surface area contributed by atoms with Gasteiger partial charge in [-0.15, -0.1) is 0 Å². The van der Waals surface area contributed by atoms with Gasteiger partial charge in [0.2, 0.25) is 5.91 Å². The summed E-state index contributed by atoms with van der Waals surface area (Å²) in [6.45, 7) is 0.860. The van der Waals surface area contributed by atoms with Gasteiger partial charge in [0.25, 0.3) is 0 Å². The molecule has 0 bridgehead atoms. The number of primary amides is 1. The molecule has 0 aromatic rings. The van der Waals surface area contributed by atoms with Crippen LogP contribution < -0.4 is 11.1 Å². The first kappa shape index (κ1) is 8.83. The minimum atomic E-state index is -0.495. The summed E-state index contributed by atoms with van der Waals surface area (Å²) in [5, 5.41) is 6.29. The summed E-state index contributed by atoms with van der Waals surface area (Å²) < 4.78 is 0. The van der Waals surface area contributed by atoms with Crippen LogP contribution in [0.25, 0.3) is 10.4 Å². The van der Waals surface area contributed by atoms with Crippen LogP contribution in [0.5, 0.6) is 0 Å². The van der Waals surface area contributed by atoms with Crippen molar-refractivity contribution < 1.29 is 4.79 Å². The molecule has 3 N–H and O–H groups in total. The SMILES string of the molecule is [N-]=[N+]=NCCNC1(C(N)=O)CC1. The van der Waals surface area contributed by atoms with Gasteiger partial charge in [0.15, 0.2) is 0 Å². The van der Waals surface area contributed by atoms with Crippen molar-refractivity contribution in [2.45, 2.75) is 18.4 Å². The molecule has 0 atom stereocenters. The largest absolute Gasteiger partial charge is 0.368 e. The van der Waals surface area contributed by atoms with E-state index in [1.54, 1.807) is 0 Å². The van der Waals surface area contributed by atoms with Crippen molar-refractivity contribution in [3.05, 3.63) is 10.4 Å². The second-order valence-corrected chi connectivity index (χ2v) is 2.83. The van der Waals surface area contributed by atoms with Crippen molar-refractivity contribution in [3.63, 3.8) is 0 Å². The van der Waals surface area contributed by atoms with Crippen LogP contribution >= 0.6 is 0 Å². The average molecular weight is 169 g/mol. The van der Waals surface area contributed by atoms with Gasteiger partial charge in [0.05, 0.1) is 5.54 Å². The molecule has 0 aromatic heterocycles. The van der Waals surface area contributed by atoms with E-state index in [1.165, 1.54) is 0 Å². The molecule has 1 amide bonds. The third kappa shape index (κ3) is 1.87. The minimum absolute atomic E-state index is 0.316. The van der Waals surface area contributed by atoms with E-state index in [2.05, 4.69) is 15.3 Å². The molecule has 66 valence electrons. The molecular formula is C6H11N5O. The van der Waals surface area contributed by atoms with Crippen molar-refractivity contribution in [1.82, 2.24) is 5.32 Å². The lowest BCUT2D eigenvalue weighted by molar-refractivity contribution is -0.120. The van der Waals surface area contributed by atoms with Crippen molar-refractivity contribution in [2.75, 3.05) is 13.1 Å². The second kappa shape index (κ2) is 3.42. The normalized spacial score (nSPS) is 18.0. The highest BCUT2D eigenvalue weighted by atomic mass is 16.1. The fourth-order valence-electron chi connectivity index (χ4n) is 1.03. The van der Waals surface area contributed by atoms with E-state index in [4.69, 9.17) is 11.3 Å². The summed E-state index contributed by atoms with van der Waals surface area (Å²) in [7, 11) is 0. The summed E-state index contributed by atoms with van der Waals surface area (Å²) in [4.78, 5) is 13.4. The van der Waals surface area contributed by atoms with Gasteiger partial charge < -0.3 is 11.1 Å². The highest BCUT2D eigenvalue weighted by Gasteiger charge is 2.47. The Labute approximate surface area is 69.7 Å². The Morgan fingerprint density at radius 3 is 2.83 bits per heavy atom. The first-order chi connectivity index (χ1) is 5.71. The van der Waals surface area contributed by atoms with E-state index in [1.807, 2.05) is 0 Å². The predicted molar refractivity (Wildman–Crippen MR) is 43.2 cm³/mol. The van der Waals surface area contributed by atoms with Crippen LogP contribution in [0, 0.1) is 0 Å². The first-order valence-corrected chi connectivity index (χ1v) is 3.77. The quantitative estimate of drug-likeness (QED) is 0.260. The lowest BCUT2D eigenvalue weighted by Crippen LogP contribution is -2.44. The third-order valence-electron chi connectivity index (χ3n) is 1.96. The summed E-state index contributed by atoms with van der Waals surface area (Å²) in [6, 6.07) is 0. The van der Waals surface area contributed by atoms with Crippen LogP contribution in [-0.4, -0.2) is 24.5 Å². The molecule has 6 heteroatoms. The number of hydrogen-bond acceptors (Lipinski definition) is 3. The number of hydrogen-bond donors (Lipinski definition) is 2. The third-order valence-corrected chi connectivity index (χ3v) is 1.96. The van der Waals surface area contributed by atoms with E-state index < -0.39 is 5.54 Å². The van der Waals surface area contributed by atoms with Crippen LogP contribution in [0.3, 0.4) is 0 Å². The molecule has 1 saturated carbocycles. The predicted octanol–water partition coefficient (Wildman–Crippen LogP) is -0.0958. The van der Waals surface area contributed by atoms with Crippen LogP contribution in [0.15, 0.2) is 5.11 Å². The van der Waals surface area contributed by atoms with Gasteiger partial charge in [-0.25, -0.2) is 0 Å². The summed E-state index contributed by atoms with van der Waals surface area (Å²) in [5.74, 6) is -0.316. The lowest BCUT2D eigenvalue weighted by Gasteiger charge is -2.11. The number of carbonyl (C=O) groups is 1. The maximum Gasteiger partial charge on any atom is 0.237 e. The maximum absolute atomic E-state index is 10.8. The minimum Gasteiger partial charge on any atom is -0.368 e. The number of amides is 1. The van der Waals surface area contributed by atoms with Gasteiger partial charge in [-0.1, -0.05) is 5.11 Å². The fraction of sp³-hybridized carbons (Fsp3) is 0.833. The van der Waals surface area contributed by atoms with Crippen molar-refractivity contribution in [2.24, 2.45) is 10.8 Å². The lowest BCUT2D eigenvalue weighted by atomic mass is 10.2. The molecule has 1 aliphatic rings. The summed E-state index contributed by atoms with van der Waals surface area (Å²) in [5.41, 5.74) is 12.6. The Morgan fingerprint density at radius 1 is 1.75 bits per heavy atom. The molecule has 0 saturated heterocycles. The Bertz CT molecular complexity index is 228. The molecule has 0 spiro atoms. The van der Waals surface area contributed by atoms with E-state index >= 15 is 0 Å². The second-order valence-electron chi connectivity index (χ2n) is 2.83. The van der Waals surface area contributed by atoms with Gasteiger partial charge >= 0.3 is 0 Å². The van der Waals surface area contributed by atoms with E-state index in [-0.39, 0.29) is 5.91 Å². The Kier molecular flexibility index (Phi) is 2.52. The molecule has 1 rings (SSSR count). The molecule has 6 nitrogen and oxygen atoms in total. The zero-order chi connectivity index (χ0) is 9.03. The highest BCUT2D eigenvalue weighted by molar-refractivity contribution is 5.87. The number of nitrogens with two attached hydrogens (primary N) is 1. The zero-order valence-electron chi connectivity index (χ0n) is 6.66. The van der Waals surface area contributed by atoms with Gasteiger partial charge in [0, 0.05) is 18.0 Å². The Hall–Kier alpha value is -1.26. The number of nitrogens with one attached hydrogen (secondary N) is 1. The van der Waals surface area contributed by atoms with E-state index in [9.17, 15) is 4.79 Å².